The molecule has 0 spiro atoms. The van der Waals surface area contributed by atoms with Gasteiger partial charge in [0.2, 0.25) is 5.91 Å². The van der Waals surface area contributed by atoms with E-state index in [0.717, 1.165) is 17.0 Å². The molecule has 0 bridgehead atoms. The number of amides is 3. The van der Waals surface area contributed by atoms with Crippen LogP contribution in [0, 0.1) is 0 Å². The first-order chi connectivity index (χ1) is 14.0. The Morgan fingerprint density at radius 3 is 2.10 bits per heavy atom. The van der Waals surface area contributed by atoms with Gasteiger partial charge in [-0.15, -0.1) is 13.2 Å². The van der Waals surface area contributed by atoms with Gasteiger partial charge in [-0.1, -0.05) is 0 Å². The molecule has 0 aromatic heterocycles. The number of likely N-dealkylation sites (N-methyl/N-ethyl adjacent to an activating group) is 1. The van der Waals surface area contributed by atoms with Gasteiger partial charge in [-0.2, -0.15) is 0 Å². The highest BCUT2D eigenvalue weighted by atomic mass is 19.4. The standard InChI is InChI=1S/C19H18F3N3O5/c1-25(18(28)12-2-6-14(7-3-12)29-11-16(23)26)10-17(27)24-13-4-8-15(9-5-13)30-19(20,21)22/h2-9H,10-11H2,1H3,(H2,23,26)(H,24,27). The van der Waals surface area contributed by atoms with Crippen LogP contribution in [-0.2, 0) is 9.59 Å². The molecule has 0 saturated carbocycles. The molecule has 0 radical (unpaired) electrons. The van der Waals surface area contributed by atoms with Crippen molar-refractivity contribution in [2.75, 3.05) is 25.5 Å². The summed E-state index contributed by atoms with van der Waals surface area (Å²) in [6.45, 7) is -0.587. The van der Waals surface area contributed by atoms with Crippen LogP contribution in [0.4, 0.5) is 18.9 Å². The predicted octanol–water partition coefficient (Wildman–Crippen LogP) is 2.16. The van der Waals surface area contributed by atoms with Crippen molar-refractivity contribution in [3.8, 4) is 11.5 Å². The molecule has 3 amide bonds. The fourth-order valence-corrected chi connectivity index (χ4v) is 2.30. The van der Waals surface area contributed by atoms with Crippen molar-refractivity contribution in [1.82, 2.24) is 4.90 Å². The number of primary amides is 1. The summed E-state index contributed by atoms with van der Waals surface area (Å²) in [6, 6.07) is 10.5. The second-order valence-corrected chi connectivity index (χ2v) is 6.06. The van der Waals surface area contributed by atoms with Crippen LogP contribution in [0.15, 0.2) is 48.5 Å². The Balaban J connectivity index is 1.88. The lowest BCUT2D eigenvalue weighted by molar-refractivity contribution is -0.274. The molecule has 0 fully saturated rings. The van der Waals surface area contributed by atoms with Crippen LogP contribution in [0.5, 0.6) is 11.5 Å². The van der Waals surface area contributed by atoms with Crippen molar-refractivity contribution < 1.29 is 37.0 Å². The van der Waals surface area contributed by atoms with Gasteiger partial charge < -0.3 is 25.4 Å². The van der Waals surface area contributed by atoms with Crippen LogP contribution in [0.3, 0.4) is 0 Å². The number of hydrogen-bond acceptors (Lipinski definition) is 5. The summed E-state index contributed by atoms with van der Waals surface area (Å²) in [6.07, 6.45) is -4.81. The van der Waals surface area contributed by atoms with Gasteiger partial charge in [0.1, 0.15) is 11.5 Å². The molecular formula is C19H18F3N3O5. The maximum absolute atomic E-state index is 12.4. The minimum Gasteiger partial charge on any atom is -0.484 e. The second kappa shape index (κ2) is 9.63. The van der Waals surface area contributed by atoms with Gasteiger partial charge in [0, 0.05) is 18.3 Å². The summed E-state index contributed by atoms with van der Waals surface area (Å²) in [5, 5.41) is 2.47. The van der Waals surface area contributed by atoms with Crippen molar-refractivity contribution in [2.24, 2.45) is 5.73 Å². The van der Waals surface area contributed by atoms with E-state index >= 15 is 0 Å². The zero-order chi connectivity index (χ0) is 22.3. The Morgan fingerprint density at radius 2 is 1.57 bits per heavy atom. The van der Waals surface area contributed by atoms with E-state index in [9.17, 15) is 27.6 Å². The van der Waals surface area contributed by atoms with E-state index in [0.29, 0.717) is 5.75 Å². The number of nitrogens with two attached hydrogens (primary N) is 1. The Kier molecular flexibility index (Phi) is 7.23. The van der Waals surface area contributed by atoms with Crippen molar-refractivity contribution in [2.45, 2.75) is 6.36 Å². The van der Waals surface area contributed by atoms with E-state index in [1.54, 1.807) is 0 Å². The Morgan fingerprint density at radius 1 is 1.00 bits per heavy atom. The quantitative estimate of drug-likeness (QED) is 0.673. The van der Waals surface area contributed by atoms with Crippen molar-refractivity contribution in [3.05, 3.63) is 54.1 Å². The molecule has 0 atom stereocenters. The number of ether oxygens (including phenoxy) is 2. The number of nitrogens with zero attached hydrogens (tertiary/aromatic N) is 1. The third-order valence-electron chi connectivity index (χ3n) is 3.58. The molecular weight excluding hydrogens is 407 g/mol. The van der Waals surface area contributed by atoms with Crippen LogP contribution in [0.25, 0.3) is 0 Å². The average Bonchev–Trinajstić information content (AvgIpc) is 2.66. The highest BCUT2D eigenvalue weighted by molar-refractivity contribution is 5.99. The van der Waals surface area contributed by atoms with Crippen molar-refractivity contribution >= 4 is 23.4 Å². The molecule has 11 heteroatoms. The predicted molar refractivity (Wildman–Crippen MR) is 99.8 cm³/mol. The van der Waals surface area contributed by atoms with E-state index in [-0.39, 0.29) is 24.4 Å². The zero-order valence-electron chi connectivity index (χ0n) is 15.7. The number of hydrogen-bond donors (Lipinski definition) is 2. The summed E-state index contributed by atoms with van der Waals surface area (Å²) in [5.41, 5.74) is 5.50. The number of alkyl halides is 3. The summed E-state index contributed by atoms with van der Waals surface area (Å²) in [7, 11) is 1.42. The molecule has 0 saturated heterocycles. The van der Waals surface area contributed by atoms with Gasteiger partial charge >= 0.3 is 6.36 Å². The highest BCUT2D eigenvalue weighted by Gasteiger charge is 2.31. The number of carbonyl (C=O) groups is 3. The summed E-state index contributed by atoms with van der Waals surface area (Å²) in [5.74, 6) is -1.69. The number of benzene rings is 2. The molecule has 2 aromatic rings. The third kappa shape index (κ3) is 7.34. The molecule has 3 N–H and O–H groups in total. The third-order valence-corrected chi connectivity index (χ3v) is 3.58. The first-order valence-corrected chi connectivity index (χ1v) is 8.46. The van der Waals surface area contributed by atoms with E-state index in [1.807, 2.05) is 0 Å². The largest absolute Gasteiger partial charge is 0.573 e. The molecule has 2 aromatic carbocycles. The minimum absolute atomic E-state index is 0.242. The van der Waals surface area contributed by atoms with Crippen LogP contribution < -0.4 is 20.5 Å². The van der Waals surface area contributed by atoms with Gasteiger partial charge in [-0.25, -0.2) is 0 Å². The molecule has 0 unspecified atom stereocenters. The number of anilines is 1. The molecule has 0 aliphatic heterocycles. The maximum Gasteiger partial charge on any atom is 0.573 e. The topological polar surface area (TPSA) is 111 Å². The van der Waals surface area contributed by atoms with Gasteiger partial charge in [0.15, 0.2) is 6.61 Å². The second-order valence-electron chi connectivity index (χ2n) is 6.06. The molecule has 0 aliphatic carbocycles. The summed E-state index contributed by atoms with van der Waals surface area (Å²) < 4.78 is 45.3. The highest BCUT2D eigenvalue weighted by Crippen LogP contribution is 2.24. The monoisotopic (exact) mass is 425 g/mol. The van der Waals surface area contributed by atoms with Crippen LogP contribution in [-0.4, -0.2) is 49.2 Å². The SMILES string of the molecule is CN(CC(=O)Nc1ccc(OC(F)(F)F)cc1)C(=O)c1ccc(OCC(N)=O)cc1. The number of halogens is 3. The van der Waals surface area contributed by atoms with Crippen molar-refractivity contribution in [1.29, 1.82) is 0 Å². The fourth-order valence-electron chi connectivity index (χ4n) is 2.30. The van der Waals surface area contributed by atoms with E-state index in [1.165, 1.54) is 43.4 Å². The Bertz CT molecular complexity index is 899. The van der Waals surface area contributed by atoms with Gasteiger partial charge in [-0.05, 0) is 48.5 Å². The van der Waals surface area contributed by atoms with E-state index in [2.05, 4.69) is 10.1 Å². The van der Waals surface area contributed by atoms with Crippen LogP contribution >= 0.6 is 0 Å². The lowest BCUT2D eigenvalue weighted by Gasteiger charge is -2.17. The number of carbonyl (C=O) groups excluding carboxylic acids is 3. The molecule has 0 aliphatic rings. The Labute approximate surface area is 169 Å². The molecule has 30 heavy (non-hydrogen) atoms. The van der Waals surface area contributed by atoms with Crippen LogP contribution in [0.2, 0.25) is 0 Å². The Hall–Kier alpha value is -3.76. The van der Waals surface area contributed by atoms with E-state index in [4.69, 9.17) is 10.5 Å². The molecule has 160 valence electrons. The van der Waals surface area contributed by atoms with Gasteiger partial charge in [0.05, 0.1) is 6.54 Å². The lowest BCUT2D eigenvalue weighted by Crippen LogP contribution is -2.34. The lowest BCUT2D eigenvalue weighted by atomic mass is 10.2. The number of rotatable bonds is 8. The van der Waals surface area contributed by atoms with Crippen LogP contribution in [0.1, 0.15) is 10.4 Å². The number of nitrogens with one attached hydrogen (secondary N) is 1. The molecule has 8 nitrogen and oxygen atoms in total. The first kappa shape index (κ1) is 22.5. The normalized spacial score (nSPS) is 10.8. The molecule has 0 heterocycles. The maximum atomic E-state index is 12.4. The van der Waals surface area contributed by atoms with Gasteiger partial charge in [-0.3, -0.25) is 14.4 Å². The van der Waals surface area contributed by atoms with E-state index < -0.39 is 29.8 Å². The summed E-state index contributed by atoms with van der Waals surface area (Å²) in [4.78, 5) is 36.3. The van der Waals surface area contributed by atoms with Gasteiger partial charge in [0.25, 0.3) is 11.8 Å². The average molecular weight is 425 g/mol. The minimum atomic E-state index is -4.81. The smallest absolute Gasteiger partial charge is 0.484 e. The summed E-state index contributed by atoms with van der Waals surface area (Å²) >= 11 is 0. The van der Waals surface area contributed by atoms with Crippen molar-refractivity contribution in [3.63, 3.8) is 0 Å². The zero-order valence-corrected chi connectivity index (χ0v) is 15.7. The first-order valence-electron chi connectivity index (χ1n) is 8.46. The fraction of sp³-hybridized carbons (Fsp3) is 0.211. The molecule has 2 rings (SSSR count).